The lowest BCUT2D eigenvalue weighted by Crippen LogP contribution is -2.29. The van der Waals surface area contributed by atoms with Crippen LogP contribution in [0.2, 0.25) is 0 Å². The molecule has 5 nitrogen and oxygen atoms in total. The molecular formula is C18H18F2N2O3. The van der Waals surface area contributed by atoms with Crippen molar-refractivity contribution in [3.05, 3.63) is 59.7 Å². The van der Waals surface area contributed by atoms with E-state index in [1.165, 1.54) is 14.0 Å². The highest BCUT2D eigenvalue weighted by Gasteiger charge is 2.18. The molecule has 2 N–H and O–H groups in total. The molecule has 0 spiro atoms. The molecule has 7 heteroatoms. The minimum atomic E-state index is -0.867. The number of anilines is 1. The van der Waals surface area contributed by atoms with Gasteiger partial charge >= 0.3 is 0 Å². The number of hydrogen-bond acceptors (Lipinski definition) is 3. The first-order valence-corrected chi connectivity index (χ1v) is 7.55. The number of halogens is 2. The fourth-order valence-corrected chi connectivity index (χ4v) is 2.31. The fraction of sp³-hybridized carbons (Fsp3) is 0.222. The van der Waals surface area contributed by atoms with E-state index < -0.39 is 23.6 Å². The number of ether oxygens (including phenoxy) is 1. The van der Waals surface area contributed by atoms with Crippen LogP contribution in [0.15, 0.2) is 42.5 Å². The lowest BCUT2D eigenvalue weighted by atomic mass is 10.0. The van der Waals surface area contributed by atoms with Gasteiger partial charge in [0.15, 0.2) is 0 Å². The minimum Gasteiger partial charge on any atom is -0.497 e. The van der Waals surface area contributed by atoms with Crippen molar-refractivity contribution in [2.75, 3.05) is 12.4 Å². The Bertz CT molecular complexity index is 763. The second-order valence-electron chi connectivity index (χ2n) is 5.40. The van der Waals surface area contributed by atoms with E-state index in [0.29, 0.717) is 17.4 Å². The normalized spacial score (nSPS) is 11.5. The topological polar surface area (TPSA) is 67.4 Å². The molecule has 0 heterocycles. The number of rotatable bonds is 6. The molecule has 0 radical (unpaired) electrons. The molecule has 0 aliphatic heterocycles. The van der Waals surface area contributed by atoms with E-state index in [9.17, 15) is 18.4 Å². The third kappa shape index (κ3) is 5.27. The van der Waals surface area contributed by atoms with Gasteiger partial charge < -0.3 is 15.4 Å². The summed E-state index contributed by atoms with van der Waals surface area (Å²) in [6.45, 7) is 1.34. The summed E-state index contributed by atoms with van der Waals surface area (Å²) in [4.78, 5) is 23.6. The minimum absolute atomic E-state index is 0.108. The van der Waals surface area contributed by atoms with Crippen LogP contribution in [0.3, 0.4) is 0 Å². The lowest BCUT2D eigenvalue weighted by molar-refractivity contribution is -0.120. The number of methoxy groups -OCH3 is 1. The predicted molar refractivity (Wildman–Crippen MR) is 89.2 cm³/mol. The predicted octanol–water partition coefficient (Wildman–Crippen LogP) is 3.18. The van der Waals surface area contributed by atoms with Crippen LogP contribution >= 0.6 is 0 Å². The molecule has 2 amide bonds. The Morgan fingerprint density at radius 1 is 1.12 bits per heavy atom. The monoisotopic (exact) mass is 348 g/mol. The van der Waals surface area contributed by atoms with Crippen LogP contribution in [0.4, 0.5) is 14.5 Å². The Labute approximate surface area is 144 Å². The number of nitrogens with one attached hydrogen (secondary N) is 2. The van der Waals surface area contributed by atoms with Crippen LogP contribution in [-0.4, -0.2) is 18.9 Å². The van der Waals surface area contributed by atoms with Gasteiger partial charge in [-0.15, -0.1) is 0 Å². The molecular weight excluding hydrogens is 330 g/mol. The van der Waals surface area contributed by atoms with Gasteiger partial charge in [0.25, 0.3) is 0 Å². The Morgan fingerprint density at radius 2 is 1.80 bits per heavy atom. The summed E-state index contributed by atoms with van der Waals surface area (Å²) in [5, 5.41) is 5.06. The molecule has 0 aliphatic carbocycles. The zero-order chi connectivity index (χ0) is 18.4. The summed E-state index contributed by atoms with van der Waals surface area (Å²) in [7, 11) is 1.53. The van der Waals surface area contributed by atoms with Crippen molar-refractivity contribution in [1.82, 2.24) is 5.32 Å². The number of hydrogen-bond donors (Lipinski definition) is 2. The third-order valence-electron chi connectivity index (χ3n) is 3.49. The first-order chi connectivity index (χ1) is 11.9. The van der Waals surface area contributed by atoms with Crippen LogP contribution in [0.25, 0.3) is 0 Å². The molecule has 1 atom stereocenters. The van der Waals surface area contributed by atoms with Crippen molar-refractivity contribution in [2.24, 2.45) is 0 Å². The summed E-state index contributed by atoms with van der Waals surface area (Å²) in [5.74, 6) is -1.77. The third-order valence-corrected chi connectivity index (χ3v) is 3.49. The second kappa shape index (κ2) is 8.23. The highest BCUT2D eigenvalue weighted by atomic mass is 19.1. The van der Waals surface area contributed by atoms with Gasteiger partial charge in [-0.1, -0.05) is 12.1 Å². The van der Waals surface area contributed by atoms with E-state index >= 15 is 0 Å². The average Bonchev–Trinajstić information content (AvgIpc) is 2.56. The highest BCUT2D eigenvalue weighted by Crippen LogP contribution is 2.22. The van der Waals surface area contributed by atoms with Crippen molar-refractivity contribution in [1.29, 1.82) is 0 Å². The van der Waals surface area contributed by atoms with Gasteiger partial charge in [0.2, 0.25) is 11.8 Å². The number of benzene rings is 2. The van der Waals surface area contributed by atoms with Gasteiger partial charge in [0, 0.05) is 13.0 Å². The van der Waals surface area contributed by atoms with E-state index in [-0.39, 0.29) is 18.0 Å². The Kier molecular flexibility index (Phi) is 6.05. The average molecular weight is 348 g/mol. The second-order valence-corrected chi connectivity index (χ2v) is 5.40. The lowest BCUT2D eigenvalue weighted by Gasteiger charge is -2.18. The molecule has 2 aromatic carbocycles. The van der Waals surface area contributed by atoms with E-state index in [2.05, 4.69) is 10.6 Å². The van der Waals surface area contributed by atoms with Crippen molar-refractivity contribution in [3.8, 4) is 5.75 Å². The number of amides is 2. The van der Waals surface area contributed by atoms with Gasteiger partial charge in [-0.2, -0.15) is 0 Å². The van der Waals surface area contributed by atoms with Crippen molar-refractivity contribution >= 4 is 17.5 Å². The van der Waals surface area contributed by atoms with Crippen LogP contribution in [-0.2, 0) is 9.59 Å². The molecule has 2 rings (SSSR count). The standard InChI is InChI=1S/C18H18F2N2O3/c1-11(23)21-17(12-3-6-14(25-2)7-4-12)10-18(24)22-16-8-5-13(19)9-15(16)20/h3-9,17H,10H2,1-2H3,(H,21,23)(H,22,24). The molecule has 25 heavy (non-hydrogen) atoms. The molecule has 132 valence electrons. The molecule has 0 saturated heterocycles. The smallest absolute Gasteiger partial charge is 0.226 e. The van der Waals surface area contributed by atoms with Gasteiger partial charge in [-0.05, 0) is 29.8 Å². The van der Waals surface area contributed by atoms with Gasteiger partial charge in [0.05, 0.1) is 25.3 Å². The largest absolute Gasteiger partial charge is 0.497 e. The fourth-order valence-electron chi connectivity index (χ4n) is 2.31. The van der Waals surface area contributed by atoms with Crippen LogP contribution in [0.5, 0.6) is 5.75 Å². The van der Waals surface area contributed by atoms with E-state index in [0.717, 1.165) is 12.1 Å². The summed E-state index contributed by atoms with van der Waals surface area (Å²) in [6, 6.07) is 9.16. The van der Waals surface area contributed by atoms with Crippen LogP contribution < -0.4 is 15.4 Å². The Morgan fingerprint density at radius 3 is 2.36 bits per heavy atom. The van der Waals surface area contributed by atoms with Crippen molar-refractivity contribution < 1.29 is 23.1 Å². The summed E-state index contributed by atoms with van der Waals surface area (Å²) >= 11 is 0. The maximum absolute atomic E-state index is 13.6. The summed E-state index contributed by atoms with van der Waals surface area (Å²) < 4.78 is 31.6. The number of carbonyl (C=O) groups is 2. The van der Waals surface area contributed by atoms with E-state index in [1.807, 2.05) is 0 Å². The first kappa shape index (κ1) is 18.4. The molecule has 0 aromatic heterocycles. The highest BCUT2D eigenvalue weighted by molar-refractivity contribution is 5.91. The first-order valence-electron chi connectivity index (χ1n) is 7.55. The SMILES string of the molecule is COc1ccc(C(CC(=O)Nc2ccc(F)cc2F)NC(C)=O)cc1. The quantitative estimate of drug-likeness (QED) is 0.843. The van der Waals surface area contributed by atoms with Crippen LogP contribution in [0.1, 0.15) is 24.9 Å². The van der Waals surface area contributed by atoms with E-state index in [1.54, 1.807) is 24.3 Å². The Hall–Kier alpha value is -2.96. The zero-order valence-corrected chi connectivity index (χ0v) is 13.8. The van der Waals surface area contributed by atoms with Gasteiger partial charge in [-0.3, -0.25) is 9.59 Å². The summed E-state index contributed by atoms with van der Waals surface area (Å²) in [5.41, 5.74) is 0.577. The van der Waals surface area contributed by atoms with Crippen molar-refractivity contribution in [2.45, 2.75) is 19.4 Å². The summed E-state index contributed by atoms with van der Waals surface area (Å²) in [6.07, 6.45) is -0.108. The zero-order valence-electron chi connectivity index (χ0n) is 13.8. The molecule has 0 aliphatic rings. The maximum Gasteiger partial charge on any atom is 0.226 e. The molecule has 0 saturated carbocycles. The molecule has 2 aromatic rings. The van der Waals surface area contributed by atoms with Crippen LogP contribution in [0, 0.1) is 11.6 Å². The van der Waals surface area contributed by atoms with Gasteiger partial charge in [0.1, 0.15) is 17.4 Å². The maximum atomic E-state index is 13.6. The molecule has 1 unspecified atom stereocenters. The van der Waals surface area contributed by atoms with Gasteiger partial charge in [-0.25, -0.2) is 8.78 Å². The van der Waals surface area contributed by atoms with E-state index in [4.69, 9.17) is 4.74 Å². The molecule has 0 bridgehead atoms. The number of carbonyl (C=O) groups excluding carboxylic acids is 2. The molecule has 0 fully saturated rings. The van der Waals surface area contributed by atoms with Crippen molar-refractivity contribution in [3.63, 3.8) is 0 Å². The Balaban J connectivity index is 2.12.